The van der Waals surface area contributed by atoms with Crippen molar-refractivity contribution in [3.05, 3.63) is 24.3 Å². The molecule has 5 nitrogen and oxygen atoms in total. The van der Waals surface area contributed by atoms with E-state index in [1.807, 2.05) is 0 Å². The number of benzene rings is 1. The van der Waals surface area contributed by atoms with Gasteiger partial charge in [-0.05, 0) is 31.9 Å². The Bertz CT molecular complexity index is 653. The molecule has 1 fully saturated rings. The normalized spacial score (nSPS) is 21.0. The average Bonchev–Trinajstić information content (AvgIpc) is 2.45. The van der Waals surface area contributed by atoms with Gasteiger partial charge < -0.3 is 10.5 Å². The fourth-order valence-electron chi connectivity index (χ4n) is 2.72. The summed E-state index contributed by atoms with van der Waals surface area (Å²) in [6.07, 6.45) is -2.67. The highest BCUT2D eigenvalue weighted by atomic mass is 35.5. The Morgan fingerprint density at radius 2 is 2.00 bits per heavy atom. The van der Waals surface area contributed by atoms with E-state index in [1.54, 1.807) is 6.92 Å². The van der Waals surface area contributed by atoms with Gasteiger partial charge in [-0.3, -0.25) is 0 Å². The molecular weight excluding hydrogens is 369 g/mol. The lowest BCUT2D eigenvalue weighted by molar-refractivity contribution is -0.274. The van der Waals surface area contributed by atoms with Crippen LogP contribution in [0.5, 0.6) is 5.75 Å². The molecule has 24 heavy (non-hydrogen) atoms. The Morgan fingerprint density at radius 1 is 1.33 bits per heavy atom. The lowest BCUT2D eigenvalue weighted by Gasteiger charge is -2.36. The van der Waals surface area contributed by atoms with E-state index in [2.05, 4.69) is 4.74 Å². The summed E-state index contributed by atoms with van der Waals surface area (Å²) in [6, 6.07) is 3.70. The summed E-state index contributed by atoms with van der Waals surface area (Å²) >= 11 is 0. The van der Waals surface area contributed by atoms with Crippen LogP contribution >= 0.6 is 12.4 Å². The number of nitrogens with two attached hydrogens (primary N) is 1. The Labute approximate surface area is 145 Å². The maximum absolute atomic E-state index is 12.8. The van der Waals surface area contributed by atoms with Crippen LogP contribution in [0, 0.1) is 0 Å². The lowest BCUT2D eigenvalue weighted by Crippen LogP contribution is -2.51. The Hall–Kier alpha value is -1.03. The van der Waals surface area contributed by atoms with Gasteiger partial charge in [0.15, 0.2) is 0 Å². The Kier molecular flexibility index (Phi) is 6.92. The van der Waals surface area contributed by atoms with Crippen molar-refractivity contribution in [2.75, 3.05) is 6.54 Å². The molecular formula is C14H20ClF3N2O3S. The molecule has 0 radical (unpaired) electrons. The number of rotatable bonds is 4. The van der Waals surface area contributed by atoms with E-state index in [1.165, 1.54) is 16.4 Å². The molecule has 0 spiro atoms. The molecule has 0 saturated carbocycles. The molecule has 1 heterocycles. The second kappa shape index (κ2) is 7.90. The summed E-state index contributed by atoms with van der Waals surface area (Å²) < 4.78 is 67.5. The van der Waals surface area contributed by atoms with Crippen LogP contribution in [0.25, 0.3) is 0 Å². The van der Waals surface area contributed by atoms with E-state index in [9.17, 15) is 21.6 Å². The zero-order valence-corrected chi connectivity index (χ0v) is 14.6. The van der Waals surface area contributed by atoms with Gasteiger partial charge in [0.25, 0.3) is 0 Å². The zero-order valence-electron chi connectivity index (χ0n) is 13.0. The first-order valence-corrected chi connectivity index (χ1v) is 8.68. The molecule has 1 aliphatic heterocycles. The van der Waals surface area contributed by atoms with E-state index in [0.29, 0.717) is 19.4 Å². The molecule has 138 valence electrons. The van der Waals surface area contributed by atoms with Crippen LogP contribution in [0.15, 0.2) is 29.2 Å². The van der Waals surface area contributed by atoms with Crippen LogP contribution in [-0.2, 0) is 10.0 Å². The van der Waals surface area contributed by atoms with Crippen molar-refractivity contribution < 1.29 is 26.3 Å². The monoisotopic (exact) mass is 388 g/mol. The van der Waals surface area contributed by atoms with Gasteiger partial charge in [-0.15, -0.1) is 25.6 Å². The highest BCUT2D eigenvalue weighted by molar-refractivity contribution is 7.89. The first-order chi connectivity index (χ1) is 10.6. The van der Waals surface area contributed by atoms with Gasteiger partial charge in [0.05, 0.1) is 4.90 Å². The summed E-state index contributed by atoms with van der Waals surface area (Å²) in [5, 5.41) is 0. The number of nitrogens with zero attached hydrogens (tertiary/aromatic N) is 1. The zero-order chi connectivity index (χ0) is 17.3. The van der Waals surface area contributed by atoms with Crippen LogP contribution < -0.4 is 10.5 Å². The van der Waals surface area contributed by atoms with E-state index in [0.717, 1.165) is 18.6 Å². The van der Waals surface area contributed by atoms with Gasteiger partial charge >= 0.3 is 6.36 Å². The summed E-state index contributed by atoms with van der Waals surface area (Å²) in [5.74, 6) is -0.562. The molecule has 2 N–H and O–H groups in total. The van der Waals surface area contributed by atoms with E-state index in [-0.39, 0.29) is 29.4 Å². The highest BCUT2D eigenvalue weighted by Crippen LogP contribution is 2.30. The van der Waals surface area contributed by atoms with Gasteiger partial charge in [0.1, 0.15) is 5.75 Å². The van der Waals surface area contributed by atoms with E-state index < -0.39 is 22.1 Å². The molecule has 2 rings (SSSR count). The molecule has 0 aliphatic carbocycles. The minimum atomic E-state index is -4.87. The number of ether oxygens (including phenoxy) is 1. The number of alkyl halides is 3. The number of piperidine rings is 1. The van der Waals surface area contributed by atoms with Crippen molar-refractivity contribution in [3.63, 3.8) is 0 Å². The van der Waals surface area contributed by atoms with Crippen LogP contribution in [0.1, 0.15) is 26.2 Å². The summed E-state index contributed by atoms with van der Waals surface area (Å²) in [5.41, 5.74) is 5.87. The second-order valence-corrected chi connectivity index (χ2v) is 7.45. The molecule has 1 aliphatic rings. The number of hydrogen-bond acceptors (Lipinski definition) is 4. The lowest BCUT2D eigenvalue weighted by atomic mass is 10.00. The topological polar surface area (TPSA) is 72.6 Å². The molecule has 1 aromatic rings. The summed E-state index contributed by atoms with van der Waals surface area (Å²) in [6.45, 7) is 2.03. The van der Waals surface area contributed by atoms with Crippen molar-refractivity contribution >= 4 is 22.4 Å². The largest absolute Gasteiger partial charge is 0.573 e. The first-order valence-electron chi connectivity index (χ1n) is 7.24. The van der Waals surface area contributed by atoms with Gasteiger partial charge in [0, 0.05) is 24.7 Å². The standard InChI is InChI=1S/C14H19F3N2O3S.ClH/c1-10(18)13-7-2-3-8-19(13)23(20,21)12-6-4-5-11(9-12)22-14(15,16)17;/h4-6,9-10,13H,2-3,7-8,18H2,1H3;1H. The van der Waals surface area contributed by atoms with Gasteiger partial charge in [-0.25, -0.2) is 8.42 Å². The third kappa shape index (κ3) is 4.98. The minimum absolute atomic E-state index is 0. The average molecular weight is 389 g/mol. The highest BCUT2D eigenvalue weighted by Gasteiger charge is 2.36. The van der Waals surface area contributed by atoms with Crippen molar-refractivity contribution in [2.45, 2.75) is 49.5 Å². The minimum Gasteiger partial charge on any atom is -0.406 e. The van der Waals surface area contributed by atoms with Gasteiger partial charge in [-0.1, -0.05) is 12.5 Å². The molecule has 0 aromatic heterocycles. The molecule has 2 unspecified atom stereocenters. The molecule has 1 aromatic carbocycles. The third-order valence-corrected chi connectivity index (χ3v) is 5.67. The van der Waals surface area contributed by atoms with Crippen LogP contribution in [0.4, 0.5) is 13.2 Å². The molecule has 2 atom stereocenters. The molecule has 10 heteroatoms. The predicted octanol–water partition coefficient (Wildman–Crippen LogP) is 2.90. The Morgan fingerprint density at radius 3 is 2.58 bits per heavy atom. The maximum Gasteiger partial charge on any atom is 0.573 e. The van der Waals surface area contributed by atoms with Crippen LogP contribution in [0.2, 0.25) is 0 Å². The van der Waals surface area contributed by atoms with Gasteiger partial charge in [-0.2, -0.15) is 4.31 Å². The molecule has 0 amide bonds. The summed E-state index contributed by atoms with van der Waals surface area (Å²) in [7, 11) is -3.93. The van der Waals surface area contributed by atoms with Crippen molar-refractivity contribution in [2.24, 2.45) is 5.73 Å². The van der Waals surface area contributed by atoms with E-state index >= 15 is 0 Å². The second-order valence-electron chi connectivity index (χ2n) is 5.56. The van der Waals surface area contributed by atoms with E-state index in [4.69, 9.17) is 5.73 Å². The SMILES string of the molecule is CC(N)C1CCCCN1S(=O)(=O)c1cccc(OC(F)(F)F)c1.Cl. The first kappa shape index (κ1) is 21.0. The molecule has 0 bridgehead atoms. The number of hydrogen-bond donors (Lipinski definition) is 1. The van der Waals surface area contributed by atoms with Crippen LogP contribution in [0.3, 0.4) is 0 Å². The molecule has 1 saturated heterocycles. The fraction of sp³-hybridized carbons (Fsp3) is 0.571. The summed E-state index contributed by atoms with van der Waals surface area (Å²) in [4.78, 5) is -0.230. The van der Waals surface area contributed by atoms with Crippen molar-refractivity contribution in [3.8, 4) is 5.75 Å². The smallest absolute Gasteiger partial charge is 0.406 e. The quantitative estimate of drug-likeness (QED) is 0.860. The number of halogens is 4. The third-order valence-electron chi connectivity index (χ3n) is 3.75. The Balaban J connectivity index is 0.00000288. The maximum atomic E-state index is 12.8. The predicted molar refractivity (Wildman–Crippen MR) is 85.6 cm³/mol. The number of sulfonamides is 1. The van der Waals surface area contributed by atoms with Crippen LogP contribution in [-0.4, -0.2) is 37.7 Å². The van der Waals surface area contributed by atoms with Crippen molar-refractivity contribution in [1.29, 1.82) is 0 Å². The van der Waals surface area contributed by atoms with Gasteiger partial charge in [0.2, 0.25) is 10.0 Å². The fourth-order valence-corrected chi connectivity index (χ4v) is 4.53. The van der Waals surface area contributed by atoms with Crippen molar-refractivity contribution in [1.82, 2.24) is 4.31 Å².